The van der Waals surface area contributed by atoms with Crippen molar-refractivity contribution in [1.82, 2.24) is 4.72 Å². The van der Waals surface area contributed by atoms with Crippen molar-refractivity contribution in [2.75, 3.05) is 12.4 Å². The Morgan fingerprint density at radius 2 is 1.69 bits per heavy atom. The number of nitrogens with one attached hydrogen (secondary N) is 1. The van der Waals surface area contributed by atoms with Crippen molar-refractivity contribution >= 4 is 10.0 Å². The van der Waals surface area contributed by atoms with Gasteiger partial charge in [-0.2, -0.15) is 13.2 Å². The summed E-state index contributed by atoms with van der Waals surface area (Å²) >= 11 is 0. The van der Waals surface area contributed by atoms with Crippen LogP contribution in [0.4, 0.5) is 13.2 Å². The normalized spacial score (nSPS) is 24.4. The molecule has 2 saturated carbocycles. The highest BCUT2D eigenvalue weighted by Gasteiger charge is 2.38. The molecule has 0 amide bonds. The summed E-state index contributed by atoms with van der Waals surface area (Å²) in [6.45, 7) is 0.294. The molecular weight excluding hydrogens is 367 g/mol. The summed E-state index contributed by atoms with van der Waals surface area (Å²) in [4.78, 5) is 0. The highest BCUT2D eigenvalue weighted by molar-refractivity contribution is 7.89. The van der Waals surface area contributed by atoms with Crippen LogP contribution >= 0.6 is 0 Å². The van der Waals surface area contributed by atoms with Crippen LogP contribution in [-0.2, 0) is 10.0 Å². The molecule has 3 rings (SSSR count). The average molecular weight is 391 g/mol. The maximum absolute atomic E-state index is 12.4. The van der Waals surface area contributed by atoms with Crippen LogP contribution in [0.2, 0.25) is 0 Å². The van der Waals surface area contributed by atoms with Crippen molar-refractivity contribution in [3.63, 3.8) is 0 Å². The number of alkyl halides is 3. The van der Waals surface area contributed by atoms with E-state index in [0.717, 1.165) is 19.3 Å². The monoisotopic (exact) mass is 391 g/mol. The third kappa shape index (κ3) is 5.87. The topological polar surface area (TPSA) is 55.4 Å². The quantitative estimate of drug-likeness (QED) is 0.765. The lowest BCUT2D eigenvalue weighted by Gasteiger charge is -2.32. The van der Waals surface area contributed by atoms with E-state index in [4.69, 9.17) is 4.74 Å². The van der Waals surface area contributed by atoms with Gasteiger partial charge in [-0.3, -0.25) is 0 Å². The summed E-state index contributed by atoms with van der Waals surface area (Å²) in [7, 11) is -4.39. The lowest BCUT2D eigenvalue weighted by Crippen LogP contribution is -2.46. The number of ether oxygens (including phenoxy) is 1. The van der Waals surface area contributed by atoms with E-state index in [1.54, 1.807) is 0 Å². The van der Waals surface area contributed by atoms with Crippen LogP contribution in [-0.4, -0.2) is 33.0 Å². The van der Waals surface area contributed by atoms with E-state index in [-0.39, 0.29) is 5.92 Å². The molecule has 4 nitrogen and oxygen atoms in total. The van der Waals surface area contributed by atoms with Gasteiger partial charge in [-0.25, -0.2) is 13.1 Å². The van der Waals surface area contributed by atoms with Crippen LogP contribution < -0.4 is 9.46 Å². The van der Waals surface area contributed by atoms with Gasteiger partial charge in [0, 0.05) is 12.0 Å². The zero-order valence-electron chi connectivity index (χ0n) is 14.5. The molecule has 0 unspecified atom stereocenters. The Balaban J connectivity index is 1.56. The van der Waals surface area contributed by atoms with Crippen molar-refractivity contribution in [1.29, 1.82) is 0 Å². The number of halogens is 3. The first-order valence-electron chi connectivity index (χ1n) is 9.01. The highest BCUT2D eigenvalue weighted by atomic mass is 32.2. The van der Waals surface area contributed by atoms with E-state index >= 15 is 0 Å². The maximum atomic E-state index is 12.4. The van der Waals surface area contributed by atoms with Crippen molar-refractivity contribution in [2.45, 2.75) is 56.7 Å². The van der Waals surface area contributed by atoms with Gasteiger partial charge in [-0.05, 0) is 49.3 Å². The first kappa shape index (κ1) is 19.5. The Kier molecular flexibility index (Phi) is 5.81. The van der Waals surface area contributed by atoms with Crippen molar-refractivity contribution in [2.24, 2.45) is 5.92 Å². The standard InChI is InChI=1S/C18H24F3NO3S/c19-18(20,21)12-26(23,24)22-17-4-2-1-3-15(17)11-25-16-9-7-14(8-10-16)13-5-6-13/h7-10,13,15,17,22H,1-6,11-12H2/t15-,17+/m1/s1. The molecule has 0 radical (unpaired) electrons. The Bertz CT molecular complexity index is 699. The first-order chi connectivity index (χ1) is 12.2. The Labute approximate surface area is 152 Å². The first-order valence-corrected chi connectivity index (χ1v) is 10.7. The zero-order valence-corrected chi connectivity index (χ0v) is 15.3. The second-order valence-corrected chi connectivity index (χ2v) is 9.05. The van der Waals surface area contributed by atoms with E-state index in [1.165, 1.54) is 18.4 Å². The third-order valence-electron chi connectivity index (χ3n) is 4.99. The van der Waals surface area contributed by atoms with Crippen molar-refractivity contribution in [3.05, 3.63) is 29.8 Å². The average Bonchev–Trinajstić information content (AvgIpc) is 3.37. The number of hydrogen-bond donors (Lipinski definition) is 1. The fraction of sp³-hybridized carbons (Fsp3) is 0.667. The van der Waals surface area contributed by atoms with Crippen LogP contribution in [0.3, 0.4) is 0 Å². The summed E-state index contributed by atoms with van der Waals surface area (Å²) in [6.07, 6.45) is 0.697. The second-order valence-electron chi connectivity index (χ2n) is 7.30. The molecule has 2 aliphatic carbocycles. The molecule has 146 valence electrons. The second kappa shape index (κ2) is 7.76. The number of sulfonamides is 1. The van der Waals surface area contributed by atoms with Gasteiger partial charge in [0.1, 0.15) is 5.75 Å². The molecule has 1 N–H and O–H groups in total. The van der Waals surface area contributed by atoms with Gasteiger partial charge in [-0.1, -0.05) is 25.0 Å². The molecule has 0 aromatic heterocycles. The fourth-order valence-electron chi connectivity index (χ4n) is 3.51. The lowest BCUT2D eigenvalue weighted by molar-refractivity contribution is -0.106. The molecule has 0 spiro atoms. The van der Waals surface area contributed by atoms with E-state index in [9.17, 15) is 21.6 Å². The minimum absolute atomic E-state index is 0.130. The van der Waals surface area contributed by atoms with Crippen LogP contribution in [0.1, 0.15) is 50.0 Å². The van der Waals surface area contributed by atoms with Gasteiger partial charge >= 0.3 is 6.18 Å². The van der Waals surface area contributed by atoms with E-state index in [1.807, 2.05) is 24.3 Å². The molecule has 8 heteroatoms. The van der Waals surface area contributed by atoms with Gasteiger partial charge < -0.3 is 4.74 Å². The summed E-state index contributed by atoms with van der Waals surface area (Å²) in [5.74, 6) is -0.603. The van der Waals surface area contributed by atoms with Gasteiger partial charge in [0.15, 0.2) is 5.75 Å². The molecule has 0 heterocycles. The zero-order chi connectivity index (χ0) is 18.8. The minimum Gasteiger partial charge on any atom is -0.493 e. The minimum atomic E-state index is -4.74. The number of rotatable bonds is 7. The smallest absolute Gasteiger partial charge is 0.404 e. The molecule has 1 aromatic carbocycles. The van der Waals surface area contributed by atoms with Crippen LogP contribution in [0.25, 0.3) is 0 Å². The van der Waals surface area contributed by atoms with Crippen molar-refractivity contribution in [3.8, 4) is 5.75 Å². The molecule has 2 fully saturated rings. The van der Waals surface area contributed by atoms with E-state index < -0.39 is 28.0 Å². The SMILES string of the molecule is O=S(=O)(CC(F)(F)F)N[C@H]1CCCC[C@@H]1COc1ccc(C2CC2)cc1. The maximum Gasteiger partial charge on any atom is 0.404 e. The van der Waals surface area contributed by atoms with Crippen LogP contribution in [0.5, 0.6) is 5.75 Å². The molecular formula is C18H24F3NO3S. The summed E-state index contributed by atoms with van der Waals surface area (Å²) < 4.78 is 68.8. The number of hydrogen-bond acceptors (Lipinski definition) is 3. The van der Waals surface area contributed by atoms with Crippen molar-refractivity contribution < 1.29 is 26.3 Å². The molecule has 1 aromatic rings. The van der Waals surface area contributed by atoms with Gasteiger partial charge in [0.2, 0.25) is 10.0 Å². The molecule has 0 aliphatic heterocycles. The fourth-order valence-corrected chi connectivity index (χ4v) is 4.79. The molecule has 2 aliphatic rings. The summed E-state index contributed by atoms with van der Waals surface area (Å²) in [5, 5.41) is 0. The third-order valence-corrected chi connectivity index (χ3v) is 6.36. The number of benzene rings is 1. The van der Waals surface area contributed by atoms with Gasteiger partial charge in [0.05, 0.1) is 6.61 Å². The predicted octanol–water partition coefficient (Wildman–Crippen LogP) is 3.98. The molecule has 26 heavy (non-hydrogen) atoms. The highest BCUT2D eigenvalue weighted by Crippen LogP contribution is 2.40. The Morgan fingerprint density at radius 1 is 1.04 bits per heavy atom. The van der Waals surface area contributed by atoms with E-state index in [0.29, 0.717) is 24.7 Å². The molecule has 0 saturated heterocycles. The largest absolute Gasteiger partial charge is 0.493 e. The lowest BCUT2D eigenvalue weighted by atomic mass is 9.86. The summed E-state index contributed by atoms with van der Waals surface area (Å²) in [6, 6.07) is 7.37. The molecule has 2 atom stereocenters. The predicted molar refractivity (Wildman–Crippen MR) is 92.6 cm³/mol. The Morgan fingerprint density at radius 3 is 2.31 bits per heavy atom. The van der Waals surface area contributed by atoms with E-state index in [2.05, 4.69) is 4.72 Å². The summed E-state index contributed by atoms with van der Waals surface area (Å²) in [5.41, 5.74) is 1.30. The van der Waals surface area contributed by atoms with Gasteiger partial charge in [-0.15, -0.1) is 0 Å². The van der Waals surface area contributed by atoms with Crippen LogP contribution in [0.15, 0.2) is 24.3 Å². The molecule has 0 bridgehead atoms. The van der Waals surface area contributed by atoms with Crippen LogP contribution in [0, 0.1) is 5.92 Å². The van der Waals surface area contributed by atoms with Gasteiger partial charge in [0.25, 0.3) is 0 Å². The Hall–Kier alpha value is -1.28.